The van der Waals surface area contributed by atoms with Crippen molar-refractivity contribution in [2.24, 2.45) is 0 Å². The number of benzene rings is 2. The van der Waals surface area contributed by atoms with E-state index in [0.717, 1.165) is 23.7 Å². The van der Waals surface area contributed by atoms with Gasteiger partial charge in [0.05, 0.1) is 36.6 Å². The van der Waals surface area contributed by atoms with Gasteiger partial charge in [0, 0.05) is 18.0 Å². The Hall–Kier alpha value is -3.44. The number of nitrogens with zero attached hydrogens (tertiary/aromatic N) is 1. The third kappa shape index (κ3) is 5.42. The van der Waals surface area contributed by atoms with Crippen LogP contribution in [0.25, 0.3) is 0 Å². The van der Waals surface area contributed by atoms with E-state index >= 15 is 0 Å². The Bertz CT molecular complexity index is 1070. The number of nitriles is 1. The first-order valence-electron chi connectivity index (χ1n) is 10.2. The van der Waals surface area contributed by atoms with Crippen molar-refractivity contribution in [2.75, 3.05) is 25.3 Å². The normalized spacial score (nSPS) is 15.6. The van der Waals surface area contributed by atoms with Gasteiger partial charge < -0.3 is 20.1 Å². The van der Waals surface area contributed by atoms with Crippen molar-refractivity contribution in [2.45, 2.75) is 25.7 Å². The lowest BCUT2D eigenvalue weighted by Gasteiger charge is -2.25. The number of methoxy groups -OCH3 is 2. The van der Waals surface area contributed by atoms with E-state index in [1.165, 1.54) is 12.7 Å². The molecule has 32 heavy (non-hydrogen) atoms. The molecule has 166 valence electrons. The molecule has 1 heterocycles. The fraction of sp³-hybridized carbons (Fsp3) is 0.292. The number of hydrogen-bond donors (Lipinski definition) is 2. The number of anilines is 1. The minimum Gasteiger partial charge on any atom is -0.493 e. The van der Waals surface area contributed by atoms with Crippen molar-refractivity contribution in [3.05, 3.63) is 64.2 Å². The summed E-state index contributed by atoms with van der Waals surface area (Å²) in [5.74, 6) is 0.303. The summed E-state index contributed by atoms with van der Waals surface area (Å²) in [5.41, 5.74) is 3.08. The molecule has 0 aliphatic carbocycles. The Morgan fingerprint density at radius 1 is 1.19 bits per heavy atom. The molecular weight excluding hydrogens is 426 g/mol. The second kappa shape index (κ2) is 10.7. The SMILES string of the molecule is CCc1ccc(NC(=O)CSC2=C(C#N)[C@@H](c3ccc(OC)c(OC)c3)CC(=O)N2)cc1. The number of hydrogen-bond acceptors (Lipinski definition) is 6. The Kier molecular flexibility index (Phi) is 7.79. The van der Waals surface area contributed by atoms with Crippen molar-refractivity contribution in [1.29, 1.82) is 5.26 Å². The predicted molar refractivity (Wildman–Crippen MR) is 125 cm³/mol. The van der Waals surface area contributed by atoms with E-state index in [9.17, 15) is 14.9 Å². The number of rotatable bonds is 8. The van der Waals surface area contributed by atoms with Gasteiger partial charge in [0.15, 0.2) is 11.5 Å². The largest absolute Gasteiger partial charge is 0.493 e. The van der Waals surface area contributed by atoms with Gasteiger partial charge in [-0.25, -0.2) is 0 Å². The van der Waals surface area contributed by atoms with Crippen molar-refractivity contribution < 1.29 is 19.1 Å². The second-order valence-electron chi connectivity index (χ2n) is 7.16. The molecule has 1 aliphatic rings. The van der Waals surface area contributed by atoms with Crippen LogP contribution in [0.2, 0.25) is 0 Å². The molecule has 8 heteroatoms. The summed E-state index contributed by atoms with van der Waals surface area (Å²) in [6.07, 6.45) is 1.06. The molecule has 2 aromatic carbocycles. The van der Waals surface area contributed by atoms with Gasteiger partial charge in [-0.1, -0.05) is 36.9 Å². The molecule has 2 aromatic rings. The monoisotopic (exact) mass is 451 g/mol. The van der Waals surface area contributed by atoms with Gasteiger partial charge in [-0.15, -0.1) is 0 Å². The third-order valence-corrected chi connectivity index (χ3v) is 6.18. The first-order valence-corrected chi connectivity index (χ1v) is 11.1. The van der Waals surface area contributed by atoms with Gasteiger partial charge in [-0.05, 0) is 41.8 Å². The topological polar surface area (TPSA) is 100 Å². The van der Waals surface area contributed by atoms with E-state index in [4.69, 9.17) is 9.47 Å². The summed E-state index contributed by atoms with van der Waals surface area (Å²) in [5, 5.41) is 15.8. The Morgan fingerprint density at radius 3 is 2.53 bits per heavy atom. The molecule has 1 atom stereocenters. The minimum absolute atomic E-state index is 0.0645. The van der Waals surface area contributed by atoms with E-state index in [2.05, 4.69) is 23.6 Å². The van der Waals surface area contributed by atoms with Crippen molar-refractivity contribution in [3.63, 3.8) is 0 Å². The molecule has 0 saturated heterocycles. The number of allylic oxidation sites excluding steroid dienone is 1. The first kappa shape index (κ1) is 23.2. The molecule has 0 saturated carbocycles. The molecule has 3 rings (SSSR count). The van der Waals surface area contributed by atoms with Crippen LogP contribution >= 0.6 is 11.8 Å². The quantitative estimate of drug-likeness (QED) is 0.630. The van der Waals surface area contributed by atoms with Crippen molar-refractivity contribution in [1.82, 2.24) is 5.32 Å². The molecule has 2 amide bonds. The average molecular weight is 452 g/mol. The van der Waals surface area contributed by atoms with Gasteiger partial charge in [0.2, 0.25) is 11.8 Å². The van der Waals surface area contributed by atoms with Gasteiger partial charge in [0.1, 0.15) is 0 Å². The zero-order valence-corrected chi connectivity index (χ0v) is 19.0. The van der Waals surface area contributed by atoms with Gasteiger partial charge >= 0.3 is 0 Å². The van der Waals surface area contributed by atoms with E-state index in [1.54, 1.807) is 19.2 Å². The van der Waals surface area contributed by atoms with Crippen LogP contribution in [0, 0.1) is 11.3 Å². The molecule has 1 aliphatic heterocycles. The van der Waals surface area contributed by atoms with Crippen LogP contribution in [0.5, 0.6) is 11.5 Å². The summed E-state index contributed by atoms with van der Waals surface area (Å²) < 4.78 is 10.6. The molecule has 0 spiro atoms. The van der Waals surface area contributed by atoms with Crippen LogP contribution in [0.1, 0.15) is 30.4 Å². The number of carbonyl (C=O) groups is 2. The summed E-state index contributed by atoms with van der Waals surface area (Å²) in [6, 6.07) is 15.2. The zero-order valence-electron chi connectivity index (χ0n) is 18.2. The standard InChI is InChI=1S/C24H25N3O4S/c1-4-15-5-8-17(9-6-15)26-23(29)14-32-24-19(13-25)18(12-22(28)27-24)16-7-10-20(30-2)21(11-16)31-3/h5-11,18H,4,12,14H2,1-3H3,(H,26,29)(H,27,28)/t18-/m1/s1. The molecule has 0 radical (unpaired) electrons. The Balaban J connectivity index is 1.76. The maximum atomic E-state index is 12.4. The number of nitrogens with one attached hydrogen (secondary N) is 2. The lowest BCUT2D eigenvalue weighted by Crippen LogP contribution is -2.31. The summed E-state index contributed by atoms with van der Waals surface area (Å²) in [6.45, 7) is 2.07. The van der Waals surface area contributed by atoms with E-state index < -0.39 is 5.92 Å². The van der Waals surface area contributed by atoms with Crippen LogP contribution < -0.4 is 20.1 Å². The molecule has 0 fully saturated rings. The van der Waals surface area contributed by atoms with E-state index in [-0.39, 0.29) is 24.0 Å². The Labute approximate surface area is 191 Å². The van der Waals surface area contributed by atoms with Crippen LogP contribution in [-0.4, -0.2) is 31.8 Å². The highest BCUT2D eigenvalue weighted by atomic mass is 32.2. The molecule has 0 bridgehead atoms. The number of aryl methyl sites for hydroxylation is 1. The number of ether oxygens (including phenoxy) is 2. The highest BCUT2D eigenvalue weighted by molar-refractivity contribution is 8.03. The van der Waals surface area contributed by atoms with Crippen LogP contribution in [-0.2, 0) is 16.0 Å². The van der Waals surface area contributed by atoms with Crippen LogP contribution in [0.3, 0.4) is 0 Å². The minimum atomic E-state index is -0.430. The van der Waals surface area contributed by atoms with Crippen molar-refractivity contribution in [3.8, 4) is 17.6 Å². The summed E-state index contributed by atoms with van der Waals surface area (Å²) >= 11 is 1.14. The highest BCUT2D eigenvalue weighted by Gasteiger charge is 2.30. The smallest absolute Gasteiger partial charge is 0.234 e. The van der Waals surface area contributed by atoms with Gasteiger partial charge in [-0.3, -0.25) is 9.59 Å². The maximum absolute atomic E-state index is 12.4. The Morgan fingerprint density at radius 2 is 1.91 bits per heavy atom. The maximum Gasteiger partial charge on any atom is 0.234 e. The van der Waals surface area contributed by atoms with E-state index in [0.29, 0.717) is 27.8 Å². The summed E-state index contributed by atoms with van der Waals surface area (Å²) in [7, 11) is 3.08. The van der Waals surface area contributed by atoms with E-state index in [1.807, 2.05) is 30.3 Å². The molecule has 2 N–H and O–H groups in total. The van der Waals surface area contributed by atoms with Crippen LogP contribution in [0.15, 0.2) is 53.1 Å². The number of thioether (sulfide) groups is 1. The summed E-state index contributed by atoms with van der Waals surface area (Å²) in [4.78, 5) is 24.8. The number of amides is 2. The van der Waals surface area contributed by atoms with Crippen molar-refractivity contribution >= 4 is 29.3 Å². The number of carbonyl (C=O) groups excluding carboxylic acids is 2. The zero-order chi connectivity index (χ0) is 23.1. The van der Waals surface area contributed by atoms with Gasteiger partial charge in [-0.2, -0.15) is 5.26 Å². The second-order valence-corrected chi connectivity index (χ2v) is 8.15. The molecule has 0 unspecified atom stereocenters. The third-order valence-electron chi connectivity index (χ3n) is 5.16. The van der Waals surface area contributed by atoms with Gasteiger partial charge in [0.25, 0.3) is 0 Å². The average Bonchev–Trinajstić information content (AvgIpc) is 2.82. The van der Waals surface area contributed by atoms with Crippen LogP contribution in [0.4, 0.5) is 5.69 Å². The fourth-order valence-corrected chi connectivity index (χ4v) is 4.32. The first-order chi connectivity index (χ1) is 15.5. The lowest BCUT2D eigenvalue weighted by molar-refractivity contribution is -0.121. The highest BCUT2D eigenvalue weighted by Crippen LogP contribution is 2.39. The molecular formula is C24H25N3O4S. The lowest BCUT2D eigenvalue weighted by atomic mass is 9.87. The molecule has 0 aromatic heterocycles. The fourth-order valence-electron chi connectivity index (χ4n) is 3.45. The predicted octanol–water partition coefficient (Wildman–Crippen LogP) is 3.98. The molecule has 7 nitrogen and oxygen atoms in total.